The molecule has 1 saturated heterocycles. The molecule has 2 heterocycles. The average molecular weight is 623 g/mol. The van der Waals surface area contributed by atoms with E-state index in [0.717, 1.165) is 36.6 Å². The Hall–Kier alpha value is -4.71. The van der Waals surface area contributed by atoms with Crippen LogP contribution in [0.3, 0.4) is 0 Å². The fourth-order valence-electron chi connectivity index (χ4n) is 5.43. The Bertz CT molecular complexity index is 1870. The lowest BCUT2D eigenvalue weighted by atomic mass is 10.1. The van der Waals surface area contributed by atoms with E-state index >= 15 is 0 Å². The van der Waals surface area contributed by atoms with Gasteiger partial charge in [-0.2, -0.15) is 18.2 Å². The first-order chi connectivity index (χ1) is 21.0. The number of hydrogen-bond acceptors (Lipinski definition) is 4. The van der Waals surface area contributed by atoms with E-state index in [-0.39, 0.29) is 28.5 Å². The van der Waals surface area contributed by atoms with Crippen molar-refractivity contribution in [1.29, 1.82) is 0 Å². The lowest BCUT2D eigenvalue weighted by Crippen LogP contribution is -2.27. The van der Waals surface area contributed by atoms with Gasteiger partial charge in [0.1, 0.15) is 16.5 Å². The van der Waals surface area contributed by atoms with E-state index in [1.54, 1.807) is 29.2 Å². The molecule has 226 valence electrons. The number of fused-ring (bicyclic) bond motifs is 1. The number of nitrogens with zero attached hydrogens (tertiary/aromatic N) is 3. The van der Waals surface area contributed by atoms with Crippen LogP contribution in [0.4, 0.5) is 34.6 Å². The molecule has 0 saturated carbocycles. The molecule has 0 unspecified atom stereocenters. The van der Waals surface area contributed by atoms with Crippen LogP contribution in [0.5, 0.6) is 0 Å². The number of rotatable bonds is 6. The first kappa shape index (κ1) is 29.4. The number of carbonyl (C=O) groups excluding carboxylic acids is 1. The highest BCUT2D eigenvalue weighted by atomic mass is 32.2. The zero-order chi connectivity index (χ0) is 31.1. The van der Waals surface area contributed by atoms with E-state index < -0.39 is 33.5 Å². The summed E-state index contributed by atoms with van der Waals surface area (Å²) in [5, 5.41) is 0. The number of sulfonamides is 1. The van der Waals surface area contributed by atoms with Crippen molar-refractivity contribution in [2.75, 3.05) is 27.6 Å². The summed E-state index contributed by atoms with van der Waals surface area (Å²) >= 11 is 0. The van der Waals surface area contributed by atoms with Crippen molar-refractivity contribution in [2.24, 2.45) is 4.99 Å². The molecule has 0 aromatic heterocycles. The molecule has 44 heavy (non-hydrogen) atoms. The van der Waals surface area contributed by atoms with Crippen LogP contribution in [0.1, 0.15) is 39.9 Å². The van der Waals surface area contributed by atoms with Crippen molar-refractivity contribution in [3.8, 4) is 0 Å². The summed E-state index contributed by atoms with van der Waals surface area (Å²) in [6.45, 7) is 1.54. The zero-order valence-corrected chi connectivity index (χ0v) is 24.0. The molecule has 4 aromatic carbocycles. The van der Waals surface area contributed by atoms with E-state index in [1.165, 1.54) is 36.4 Å². The SMILES string of the molecule is O=C(N=C1c2ccccc2CN1c1ccc(N2CCCC2)c(S(=O)(=O)Nc2cccc(C(F)(F)F)c2)c1)c1ccc(F)cc1. The molecular weight excluding hydrogens is 596 g/mol. The summed E-state index contributed by atoms with van der Waals surface area (Å²) in [6.07, 6.45) is -2.91. The van der Waals surface area contributed by atoms with Crippen molar-refractivity contribution in [2.45, 2.75) is 30.5 Å². The van der Waals surface area contributed by atoms with Gasteiger partial charge in [0.15, 0.2) is 0 Å². The zero-order valence-electron chi connectivity index (χ0n) is 23.2. The lowest BCUT2D eigenvalue weighted by molar-refractivity contribution is -0.137. The van der Waals surface area contributed by atoms with Crippen LogP contribution in [0, 0.1) is 5.82 Å². The van der Waals surface area contributed by atoms with E-state index in [2.05, 4.69) is 9.71 Å². The fraction of sp³-hybridized carbons (Fsp3) is 0.188. The molecule has 6 rings (SSSR count). The van der Waals surface area contributed by atoms with Crippen LogP contribution in [-0.4, -0.2) is 33.3 Å². The topological polar surface area (TPSA) is 82.1 Å². The molecule has 0 atom stereocenters. The Labute approximate surface area is 251 Å². The molecule has 1 N–H and O–H groups in total. The molecule has 4 aromatic rings. The number of hydrogen-bond donors (Lipinski definition) is 1. The summed E-state index contributed by atoms with van der Waals surface area (Å²) in [7, 11) is -4.38. The molecule has 1 fully saturated rings. The standard InChI is InChI=1S/C32H26F4N4O3S/c33-24-12-10-21(11-13-24)31(41)37-30-27-9-2-1-6-22(27)20-40(30)26-14-15-28(39-16-3-4-17-39)29(19-26)44(42,43)38-25-8-5-7-23(18-25)32(34,35)36/h1-2,5-15,18-19,38H,3-4,16-17,20H2. The first-order valence-electron chi connectivity index (χ1n) is 13.8. The highest BCUT2D eigenvalue weighted by Gasteiger charge is 2.33. The van der Waals surface area contributed by atoms with Gasteiger partial charge in [0.05, 0.1) is 17.8 Å². The Morgan fingerprint density at radius 3 is 2.32 bits per heavy atom. The number of nitrogens with one attached hydrogen (secondary N) is 1. The van der Waals surface area contributed by atoms with Crippen LogP contribution < -0.4 is 14.5 Å². The quantitative estimate of drug-likeness (QED) is 0.238. The fourth-order valence-corrected chi connectivity index (χ4v) is 6.72. The molecule has 7 nitrogen and oxygen atoms in total. The number of aliphatic imine (C=N–C) groups is 1. The maximum atomic E-state index is 13.8. The lowest BCUT2D eigenvalue weighted by Gasteiger charge is -2.25. The molecule has 12 heteroatoms. The normalized spacial score (nSPS) is 16.0. The van der Waals surface area contributed by atoms with Gasteiger partial charge in [-0.1, -0.05) is 30.3 Å². The second-order valence-corrected chi connectivity index (χ2v) is 12.2. The molecule has 0 radical (unpaired) electrons. The Balaban J connectivity index is 1.42. The van der Waals surface area contributed by atoms with Gasteiger partial charge in [0.25, 0.3) is 15.9 Å². The number of anilines is 3. The third-order valence-electron chi connectivity index (χ3n) is 7.57. The molecular formula is C32H26F4N4O3S. The van der Waals surface area contributed by atoms with Crippen molar-refractivity contribution in [1.82, 2.24) is 0 Å². The first-order valence-corrected chi connectivity index (χ1v) is 15.3. The molecule has 1 amide bonds. The minimum atomic E-state index is -4.64. The second-order valence-electron chi connectivity index (χ2n) is 10.5. The summed E-state index contributed by atoms with van der Waals surface area (Å²) in [5.74, 6) is -0.805. The summed E-state index contributed by atoms with van der Waals surface area (Å²) in [6, 6.07) is 21.2. The van der Waals surface area contributed by atoms with Crippen LogP contribution in [0.15, 0.2) is 101 Å². The monoisotopic (exact) mass is 622 g/mol. The van der Waals surface area contributed by atoms with Crippen molar-refractivity contribution in [3.63, 3.8) is 0 Å². The van der Waals surface area contributed by atoms with Crippen LogP contribution >= 0.6 is 0 Å². The summed E-state index contributed by atoms with van der Waals surface area (Å²) < 4.78 is 83.5. The number of amidine groups is 1. The molecule has 0 bridgehead atoms. The molecule has 0 aliphatic carbocycles. The van der Waals surface area contributed by atoms with Crippen molar-refractivity contribution in [3.05, 3.63) is 119 Å². The number of alkyl halides is 3. The van der Waals surface area contributed by atoms with E-state index in [4.69, 9.17) is 0 Å². The minimum absolute atomic E-state index is 0.116. The Morgan fingerprint density at radius 1 is 0.864 bits per heavy atom. The molecule has 2 aliphatic heterocycles. The number of carbonyl (C=O) groups is 1. The molecule has 0 spiro atoms. The maximum Gasteiger partial charge on any atom is 0.416 e. The van der Waals surface area contributed by atoms with Gasteiger partial charge in [-0.25, -0.2) is 12.8 Å². The van der Waals surface area contributed by atoms with Crippen molar-refractivity contribution < 1.29 is 30.8 Å². The Kier molecular flexibility index (Phi) is 7.62. The highest BCUT2D eigenvalue weighted by molar-refractivity contribution is 7.92. The number of halogens is 4. The van der Waals surface area contributed by atoms with Gasteiger partial charge in [-0.05, 0) is 79.1 Å². The number of amides is 1. The van der Waals surface area contributed by atoms with Crippen LogP contribution in [0.25, 0.3) is 0 Å². The number of benzene rings is 4. The predicted octanol–water partition coefficient (Wildman–Crippen LogP) is 6.85. The van der Waals surface area contributed by atoms with Gasteiger partial charge >= 0.3 is 6.18 Å². The summed E-state index contributed by atoms with van der Waals surface area (Å²) in [5.41, 5.74) is 1.35. The Morgan fingerprint density at radius 2 is 1.59 bits per heavy atom. The van der Waals surface area contributed by atoms with Crippen molar-refractivity contribution >= 4 is 38.8 Å². The minimum Gasteiger partial charge on any atom is -0.370 e. The summed E-state index contributed by atoms with van der Waals surface area (Å²) in [4.78, 5) is 21.0. The third-order valence-corrected chi connectivity index (χ3v) is 8.98. The largest absolute Gasteiger partial charge is 0.416 e. The van der Waals surface area contributed by atoms with Crippen LogP contribution in [-0.2, 0) is 22.7 Å². The third kappa shape index (κ3) is 5.89. The highest BCUT2D eigenvalue weighted by Crippen LogP contribution is 2.37. The molecule has 2 aliphatic rings. The van der Waals surface area contributed by atoms with Gasteiger partial charge < -0.3 is 9.80 Å². The van der Waals surface area contributed by atoms with E-state index in [9.17, 15) is 30.8 Å². The van der Waals surface area contributed by atoms with Crippen LogP contribution in [0.2, 0.25) is 0 Å². The predicted molar refractivity (Wildman–Crippen MR) is 160 cm³/mol. The van der Waals surface area contributed by atoms with Gasteiger partial charge in [0, 0.05) is 35.6 Å². The van der Waals surface area contributed by atoms with E-state index in [0.29, 0.717) is 30.0 Å². The maximum absolute atomic E-state index is 13.8. The van der Waals surface area contributed by atoms with Gasteiger partial charge in [-0.15, -0.1) is 0 Å². The average Bonchev–Trinajstić information content (AvgIpc) is 3.66. The van der Waals surface area contributed by atoms with Gasteiger partial charge in [0.2, 0.25) is 0 Å². The smallest absolute Gasteiger partial charge is 0.370 e. The van der Waals surface area contributed by atoms with Gasteiger partial charge in [-0.3, -0.25) is 9.52 Å². The van der Waals surface area contributed by atoms with E-state index in [1.807, 2.05) is 17.0 Å². The second kappa shape index (κ2) is 11.4.